The highest BCUT2D eigenvalue weighted by Gasteiger charge is 2.11. The van der Waals surface area contributed by atoms with Crippen LogP contribution in [0.25, 0.3) is 11.3 Å². The maximum absolute atomic E-state index is 12.4. The van der Waals surface area contributed by atoms with E-state index < -0.39 is 0 Å². The van der Waals surface area contributed by atoms with Crippen LogP contribution < -0.4 is 14.8 Å². The van der Waals surface area contributed by atoms with Crippen molar-refractivity contribution in [1.82, 2.24) is 10.3 Å². The lowest BCUT2D eigenvalue weighted by atomic mass is 10.1. The molecule has 0 saturated carbocycles. The number of aromatic nitrogens is 1. The van der Waals surface area contributed by atoms with Crippen molar-refractivity contribution >= 4 is 29.0 Å². The van der Waals surface area contributed by atoms with Gasteiger partial charge in [0.2, 0.25) is 0 Å². The molecule has 1 N–H and O–H groups in total. The van der Waals surface area contributed by atoms with Gasteiger partial charge in [0.25, 0.3) is 5.91 Å². The highest BCUT2D eigenvalue weighted by molar-refractivity contribution is 8.00. The molecule has 0 atom stereocenters. The molecule has 0 aliphatic carbocycles. The monoisotopic (exact) mass is 400 g/mol. The molecule has 2 aromatic carbocycles. The van der Waals surface area contributed by atoms with Crippen LogP contribution in [0.1, 0.15) is 15.9 Å². The van der Waals surface area contributed by atoms with Gasteiger partial charge >= 0.3 is 0 Å². The van der Waals surface area contributed by atoms with Gasteiger partial charge in [-0.1, -0.05) is 41.6 Å². The number of hydrogen-bond acceptors (Lipinski definition) is 6. The van der Waals surface area contributed by atoms with Crippen LogP contribution in [0.3, 0.4) is 0 Å². The van der Waals surface area contributed by atoms with E-state index in [1.54, 1.807) is 43.8 Å². The average Bonchev–Trinajstić information content (AvgIpc) is 3.16. The van der Waals surface area contributed by atoms with Gasteiger partial charge in [-0.3, -0.25) is 4.79 Å². The van der Waals surface area contributed by atoms with E-state index in [0.29, 0.717) is 22.9 Å². The first-order valence-electron chi connectivity index (χ1n) is 8.25. The number of rotatable bonds is 7. The fourth-order valence-electron chi connectivity index (χ4n) is 2.38. The summed E-state index contributed by atoms with van der Waals surface area (Å²) in [5.41, 5.74) is 3.76. The largest absolute Gasteiger partial charge is 0.497 e. The fourth-order valence-corrected chi connectivity index (χ4v) is 4.02. The third-order valence-electron chi connectivity index (χ3n) is 3.87. The number of benzene rings is 2. The minimum absolute atomic E-state index is 0.185. The molecule has 1 amide bonds. The number of carbonyl (C=O) groups excluding carboxylic acids is 1. The summed E-state index contributed by atoms with van der Waals surface area (Å²) in [6.45, 7) is 2.06. The van der Waals surface area contributed by atoms with Crippen LogP contribution in [0.2, 0.25) is 0 Å². The lowest BCUT2D eigenvalue weighted by Crippen LogP contribution is -2.22. The van der Waals surface area contributed by atoms with Crippen LogP contribution in [0, 0.1) is 6.92 Å². The first-order chi connectivity index (χ1) is 13.1. The second-order valence-corrected chi connectivity index (χ2v) is 7.84. The Morgan fingerprint density at radius 2 is 1.78 bits per heavy atom. The van der Waals surface area contributed by atoms with Crippen LogP contribution in [-0.4, -0.2) is 31.0 Å². The zero-order chi connectivity index (χ0) is 19.2. The number of methoxy groups -OCH3 is 2. The van der Waals surface area contributed by atoms with Crippen LogP contribution in [-0.2, 0) is 0 Å². The molecule has 0 spiro atoms. The summed E-state index contributed by atoms with van der Waals surface area (Å²) >= 11 is 3.06. The molecule has 5 nitrogen and oxygen atoms in total. The van der Waals surface area contributed by atoms with Crippen molar-refractivity contribution in [2.45, 2.75) is 11.3 Å². The summed E-state index contributed by atoms with van der Waals surface area (Å²) in [5.74, 6) is 1.40. The summed E-state index contributed by atoms with van der Waals surface area (Å²) < 4.78 is 11.3. The number of thiazole rings is 1. The second-order valence-electron chi connectivity index (χ2n) is 5.76. The number of amides is 1. The third kappa shape index (κ3) is 5.02. The number of ether oxygens (including phenoxy) is 2. The van der Waals surface area contributed by atoms with Gasteiger partial charge < -0.3 is 14.8 Å². The van der Waals surface area contributed by atoms with Gasteiger partial charge in [0, 0.05) is 22.6 Å². The molecule has 0 aliphatic rings. The van der Waals surface area contributed by atoms with Gasteiger partial charge in [0.15, 0.2) is 4.34 Å². The summed E-state index contributed by atoms with van der Waals surface area (Å²) in [6.07, 6.45) is 0. The Bertz CT molecular complexity index is 901. The maximum atomic E-state index is 12.4. The number of nitrogens with one attached hydrogen (secondary N) is 1. The van der Waals surface area contributed by atoms with Gasteiger partial charge in [0.05, 0.1) is 25.8 Å². The van der Waals surface area contributed by atoms with E-state index in [-0.39, 0.29) is 5.91 Å². The summed E-state index contributed by atoms with van der Waals surface area (Å²) in [5, 5.41) is 4.92. The topological polar surface area (TPSA) is 60.5 Å². The Kier molecular flexibility index (Phi) is 6.36. The van der Waals surface area contributed by atoms with Gasteiger partial charge in [-0.15, -0.1) is 11.3 Å². The molecule has 0 aliphatic heterocycles. The van der Waals surface area contributed by atoms with Crippen molar-refractivity contribution < 1.29 is 14.3 Å². The maximum Gasteiger partial charge on any atom is 0.252 e. The van der Waals surface area contributed by atoms with Gasteiger partial charge in [0.1, 0.15) is 11.5 Å². The quantitative estimate of drug-likeness (QED) is 0.463. The van der Waals surface area contributed by atoms with E-state index >= 15 is 0 Å². The SMILES string of the molecule is COc1cc(OC)cc(C(=O)NCSc2nc(-c3ccc(C)cc3)cs2)c1. The van der Waals surface area contributed by atoms with Crippen LogP contribution in [0.15, 0.2) is 52.2 Å². The Labute approximate surface area is 166 Å². The minimum Gasteiger partial charge on any atom is -0.497 e. The molecular formula is C20H20N2O3S2. The third-order valence-corrected chi connectivity index (χ3v) is 5.78. The molecule has 7 heteroatoms. The second kappa shape index (κ2) is 8.92. The molecule has 3 rings (SSSR count). The molecule has 0 saturated heterocycles. The van der Waals surface area contributed by atoms with E-state index in [9.17, 15) is 4.79 Å². The molecule has 0 fully saturated rings. The summed E-state index contributed by atoms with van der Waals surface area (Å²) in [4.78, 5) is 17.0. The number of hydrogen-bond donors (Lipinski definition) is 1. The van der Waals surface area contributed by atoms with E-state index in [0.717, 1.165) is 15.6 Å². The molecule has 1 aromatic heterocycles. The van der Waals surface area contributed by atoms with Crippen LogP contribution in [0.5, 0.6) is 11.5 Å². The molecule has 0 bridgehead atoms. The van der Waals surface area contributed by atoms with Crippen molar-refractivity contribution in [2.75, 3.05) is 20.1 Å². The van der Waals surface area contributed by atoms with Crippen LogP contribution >= 0.6 is 23.1 Å². The van der Waals surface area contributed by atoms with E-state index in [1.165, 1.54) is 17.3 Å². The highest BCUT2D eigenvalue weighted by Crippen LogP contribution is 2.28. The summed E-state index contributed by atoms with van der Waals surface area (Å²) in [7, 11) is 3.11. The van der Waals surface area contributed by atoms with Gasteiger partial charge in [-0.25, -0.2) is 4.98 Å². The lowest BCUT2D eigenvalue weighted by molar-refractivity contribution is 0.0960. The number of aryl methyl sites for hydroxylation is 1. The van der Waals surface area contributed by atoms with Crippen LogP contribution in [0.4, 0.5) is 0 Å². The molecule has 0 unspecified atom stereocenters. The predicted octanol–water partition coefficient (Wildman–Crippen LogP) is 4.62. The zero-order valence-corrected chi connectivity index (χ0v) is 16.9. The average molecular weight is 401 g/mol. The first-order valence-corrected chi connectivity index (χ1v) is 10.1. The summed E-state index contributed by atoms with van der Waals surface area (Å²) in [6, 6.07) is 13.4. The number of carbonyl (C=O) groups is 1. The van der Waals surface area contributed by atoms with Gasteiger partial charge in [-0.2, -0.15) is 0 Å². The number of nitrogens with zero attached hydrogens (tertiary/aromatic N) is 1. The Balaban J connectivity index is 1.58. The Morgan fingerprint density at radius 3 is 2.41 bits per heavy atom. The molecule has 140 valence electrons. The Morgan fingerprint density at radius 1 is 1.11 bits per heavy atom. The normalized spacial score (nSPS) is 10.5. The van der Waals surface area contributed by atoms with E-state index in [2.05, 4.69) is 41.5 Å². The van der Waals surface area contributed by atoms with Crippen molar-refractivity contribution in [3.05, 3.63) is 59.0 Å². The molecule has 0 radical (unpaired) electrons. The van der Waals surface area contributed by atoms with E-state index in [1.807, 2.05) is 5.38 Å². The Hall–Kier alpha value is -2.51. The zero-order valence-electron chi connectivity index (χ0n) is 15.3. The van der Waals surface area contributed by atoms with Crippen molar-refractivity contribution in [3.8, 4) is 22.8 Å². The first kappa shape index (κ1) is 19.3. The minimum atomic E-state index is -0.185. The van der Waals surface area contributed by atoms with E-state index in [4.69, 9.17) is 9.47 Å². The van der Waals surface area contributed by atoms with Crippen molar-refractivity contribution in [2.24, 2.45) is 0 Å². The van der Waals surface area contributed by atoms with Crippen molar-refractivity contribution in [1.29, 1.82) is 0 Å². The number of thioether (sulfide) groups is 1. The standard InChI is InChI=1S/C20H20N2O3S2/c1-13-4-6-14(7-5-13)18-11-26-20(22-18)27-12-21-19(23)15-8-16(24-2)10-17(9-15)25-3/h4-11H,12H2,1-3H3,(H,21,23). The smallest absolute Gasteiger partial charge is 0.252 e. The lowest BCUT2D eigenvalue weighted by Gasteiger charge is -2.08. The molecular weight excluding hydrogens is 380 g/mol. The fraction of sp³-hybridized carbons (Fsp3) is 0.200. The van der Waals surface area contributed by atoms with Gasteiger partial charge in [-0.05, 0) is 19.1 Å². The van der Waals surface area contributed by atoms with Crippen molar-refractivity contribution in [3.63, 3.8) is 0 Å². The predicted molar refractivity (Wildman–Crippen MR) is 110 cm³/mol. The highest BCUT2D eigenvalue weighted by atomic mass is 32.2. The molecule has 1 heterocycles. The molecule has 27 heavy (non-hydrogen) atoms. The molecule has 3 aromatic rings.